The molecule has 2 atom stereocenters. The summed E-state index contributed by atoms with van der Waals surface area (Å²) in [7, 11) is 0. The van der Waals surface area contributed by atoms with Crippen molar-refractivity contribution in [3.63, 3.8) is 0 Å². The fourth-order valence-corrected chi connectivity index (χ4v) is 3.29. The zero-order chi connectivity index (χ0) is 13.5. The van der Waals surface area contributed by atoms with E-state index in [4.69, 9.17) is 5.11 Å². The van der Waals surface area contributed by atoms with Crippen molar-refractivity contribution in [3.05, 3.63) is 0 Å². The summed E-state index contributed by atoms with van der Waals surface area (Å²) in [6.07, 6.45) is 3.11. The fourth-order valence-electron chi connectivity index (χ4n) is 2.23. The van der Waals surface area contributed by atoms with Crippen LogP contribution in [-0.4, -0.2) is 46.0 Å². The summed E-state index contributed by atoms with van der Waals surface area (Å²) >= 11 is 1.74. The number of carboxylic acid groups (broad SMARTS) is 1. The van der Waals surface area contributed by atoms with Gasteiger partial charge in [-0.1, -0.05) is 26.7 Å². The Hall–Kier alpha value is -0.710. The van der Waals surface area contributed by atoms with Crippen LogP contribution in [-0.2, 0) is 9.59 Å². The second kappa shape index (κ2) is 7.67. The molecular formula is C13H23NO3S. The zero-order valence-corrected chi connectivity index (χ0v) is 12.0. The second-order valence-electron chi connectivity index (χ2n) is 4.90. The number of carboxylic acids is 1. The number of carbonyl (C=O) groups is 2. The Kier molecular flexibility index (Phi) is 6.54. The first-order chi connectivity index (χ1) is 8.56. The molecule has 2 unspecified atom stereocenters. The summed E-state index contributed by atoms with van der Waals surface area (Å²) in [4.78, 5) is 24.9. The minimum Gasteiger partial charge on any atom is -0.481 e. The number of nitrogens with zero attached hydrogens (tertiary/aromatic N) is 1. The molecule has 1 N–H and O–H groups in total. The van der Waals surface area contributed by atoms with E-state index in [1.165, 1.54) is 0 Å². The van der Waals surface area contributed by atoms with Crippen LogP contribution >= 0.6 is 11.8 Å². The van der Waals surface area contributed by atoms with Crippen molar-refractivity contribution in [1.29, 1.82) is 0 Å². The van der Waals surface area contributed by atoms with Crippen molar-refractivity contribution in [2.45, 2.75) is 45.6 Å². The molecule has 1 amide bonds. The fraction of sp³-hybridized carbons (Fsp3) is 0.846. The Balaban J connectivity index is 2.58. The lowest BCUT2D eigenvalue weighted by Crippen LogP contribution is -2.49. The minimum atomic E-state index is -0.818. The van der Waals surface area contributed by atoms with Crippen LogP contribution in [0.1, 0.15) is 39.5 Å². The van der Waals surface area contributed by atoms with Gasteiger partial charge in [-0.25, -0.2) is 0 Å². The first kappa shape index (κ1) is 15.3. The van der Waals surface area contributed by atoms with E-state index in [2.05, 4.69) is 6.92 Å². The van der Waals surface area contributed by atoms with Gasteiger partial charge in [0.05, 0.1) is 12.5 Å². The summed E-state index contributed by atoms with van der Waals surface area (Å²) in [6.45, 7) is 4.76. The monoisotopic (exact) mass is 273 g/mol. The number of carbonyl (C=O) groups excluding carboxylic acids is 1. The molecule has 1 aliphatic rings. The molecular weight excluding hydrogens is 250 g/mol. The summed E-state index contributed by atoms with van der Waals surface area (Å²) < 4.78 is 0. The average molecular weight is 273 g/mol. The summed E-state index contributed by atoms with van der Waals surface area (Å²) in [5.41, 5.74) is 0. The van der Waals surface area contributed by atoms with Gasteiger partial charge in [0.15, 0.2) is 0 Å². The number of amides is 1. The first-order valence-electron chi connectivity index (χ1n) is 6.66. The standard InChI is InChI=1S/C13H23NO3S/c1-3-4-5-10(2)13(17)14-6-7-18-9-11(14)8-12(15)16/h10-11H,3-9H2,1-2H3,(H,15,16). The highest BCUT2D eigenvalue weighted by Crippen LogP contribution is 2.22. The van der Waals surface area contributed by atoms with Gasteiger partial charge < -0.3 is 10.0 Å². The van der Waals surface area contributed by atoms with Gasteiger partial charge in [0.25, 0.3) is 0 Å². The molecule has 104 valence electrons. The van der Waals surface area contributed by atoms with Crippen molar-refractivity contribution in [2.75, 3.05) is 18.1 Å². The Bertz CT molecular complexity index is 296. The normalized spacial score (nSPS) is 21.7. The Labute approximate surface area is 113 Å². The van der Waals surface area contributed by atoms with Crippen LogP contribution in [0.4, 0.5) is 0 Å². The molecule has 1 aliphatic heterocycles. The molecule has 1 fully saturated rings. The van der Waals surface area contributed by atoms with Crippen LogP contribution in [0.15, 0.2) is 0 Å². The molecule has 0 aromatic heterocycles. The quantitative estimate of drug-likeness (QED) is 0.806. The van der Waals surface area contributed by atoms with Crippen LogP contribution in [0.5, 0.6) is 0 Å². The maximum Gasteiger partial charge on any atom is 0.305 e. The van der Waals surface area contributed by atoms with E-state index in [-0.39, 0.29) is 24.3 Å². The van der Waals surface area contributed by atoms with E-state index in [1.807, 2.05) is 6.92 Å². The highest BCUT2D eigenvalue weighted by Gasteiger charge is 2.30. The number of aliphatic carboxylic acids is 1. The van der Waals surface area contributed by atoms with Gasteiger partial charge in [-0.2, -0.15) is 11.8 Å². The summed E-state index contributed by atoms with van der Waals surface area (Å²) in [5.74, 6) is 1.00. The van der Waals surface area contributed by atoms with E-state index < -0.39 is 5.97 Å². The van der Waals surface area contributed by atoms with Crippen LogP contribution in [0.25, 0.3) is 0 Å². The third-order valence-corrected chi connectivity index (χ3v) is 4.42. The SMILES string of the molecule is CCCCC(C)C(=O)N1CCSCC1CC(=O)O. The molecule has 1 saturated heterocycles. The van der Waals surface area contributed by atoms with E-state index in [9.17, 15) is 9.59 Å². The molecule has 0 radical (unpaired) electrons. The molecule has 0 aromatic carbocycles. The average Bonchev–Trinajstić information content (AvgIpc) is 2.35. The number of rotatable bonds is 6. The highest BCUT2D eigenvalue weighted by molar-refractivity contribution is 7.99. The van der Waals surface area contributed by atoms with Gasteiger partial charge in [-0.3, -0.25) is 9.59 Å². The highest BCUT2D eigenvalue weighted by atomic mass is 32.2. The second-order valence-corrected chi connectivity index (χ2v) is 6.05. The van der Waals surface area contributed by atoms with Crippen molar-refractivity contribution in [3.8, 4) is 0 Å². The smallest absolute Gasteiger partial charge is 0.305 e. The number of hydrogen-bond acceptors (Lipinski definition) is 3. The van der Waals surface area contributed by atoms with Crippen molar-refractivity contribution in [2.24, 2.45) is 5.92 Å². The predicted molar refractivity (Wildman–Crippen MR) is 73.8 cm³/mol. The molecule has 0 spiro atoms. The predicted octanol–water partition coefficient (Wildman–Crippen LogP) is 2.23. The van der Waals surface area contributed by atoms with Crippen molar-refractivity contribution >= 4 is 23.6 Å². The first-order valence-corrected chi connectivity index (χ1v) is 7.81. The Morgan fingerprint density at radius 1 is 1.50 bits per heavy atom. The van der Waals surface area contributed by atoms with Crippen LogP contribution in [0, 0.1) is 5.92 Å². The van der Waals surface area contributed by atoms with Crippen molar-refractivity contribution < 1.29 is 14.7 Å². The largest absolute Gasteiger partial charge is 0.481 e. The number of thioether (sulfide) groups is 1. The molecule has 0 bridgehead atoms. The van der Waals surface area contributed by atoms with Crippen LogP contribution in [0.2, 0.25) is 0 Å². The lowest BCUT2D eigenvalue weighted by Gasteiger charge is -2.36. The van der Waals surface area contributed by atoms with Crippen LogP contribution < -0.4 is 0 Å². The van der Waals surface area contributed by atoms with Gasteiger partial charge in [-0.15, -0.1) is 0 Å². The van der Waals surface area contributed by atoms with Crippen molar-refractivity contribution in [1.82, 2.24) is 4.90 Å². The lowest BCUT2D eigenvalue weighted by atomic mass is 10.0. The van der Waals surface area contributed by atoms with Gasteiger partial charge in [0.2, 0.25) is 5.91 Å². The molecule has 1 heterocycles. The van der Waals surface area contributed by atoms with E-state index >= 15 is 0 Å². The van der Waals surface area contributed by atoms with E-state index in [0.29, 0.717) is 6.54 Å². The maximum atomic E-state index is 12.3. The topological polar surface area (TPSA) is 57.6 Å². The number of hydrogen-bond donors (Lipinski definition) is 1. The molecule has 5 heteroatoms. The minimum absolute atomic E-state index is 0.0179. The molecule has 0 aromatic rings. The zero-order valence-electron chi connectivity index (χ0n) is 11.2. The molecule has 4 nitrogen and oxygen atoms in total. The summed E-state index contributed by atoms with van der Waals surface area (Å²) in [5, 5.41) is 8.90. The van der Waals surface area contributed by atoms with Gasteiger partial charge >= 0.3 is 5.97 Å². The molecule has 0 saturated carbocycles. The molecule has 18 heavy (non-hydrogen) atoms. The number of unbranched alkanes of at least 4 members (excludes halogenated alkanes) is 1. The maximum absolute atomic E-state index is 12.3. The van der Waals surface area contributed by atoms with Gasteiger partial charge in [0, 0.05) is 24.0 Å². The molecule has 0 aliphatic carbocycles. The lowest BCUT2D eigenvalue weighted by molar-refractivity contribution is -0.142. The van der Waals surface area contributed by atoms with E-state index in [0.717, 1.165) is 30.8 Å². The van der Waals surface area contributed by atoms with Gasteiger partial charge in [-0.05, 0) is 6.42 Å². The Morgan fingerprint density at radius 3 is 2.83 bits per heavy atom. The molecule has 1 rings (SSSR count). The van der Waals surface area contributed by atoms with Crippen LogP contribution in [0.3, 0.4) is 0 Å². The van der Waals surface area contributed by atoms with Gasteiger partial charge in [0.1, 0.15) is 0 Å². The van der Waals surface area contributed by atoms with E-state index in [1.54, 1.807) is 16.7 Å². The third kappa shape index (κ3) is 4.52. The Morgan fingerprint density at radius 2 is 2.22 bits per heavy atom. The summed E-state index contributed by atoms with van der Waals surface area (Å²) in [6, 6.07) is -0.127. The third-order valence-electron chi connectivity index (χ3n) is 3.33.